The van der Waals surface area contributed by atoms with Gasteiger partial charge in [-0.2, -0.15) is 0 Å². The Morgan fingerprint density at radius 1 is 1.00 bits per heavy atom. The Labute approximate surface area is 75.5 Å². The summed E-state index contributed by atoms with van der Waals surface area (Å²) < 4.78 is 5.39. The molecule has 1 nitrogen and oxygen atoms in total. The van der Waals surface area contributed by atoms with Gasteiger partial charge in [-0.25, -0.2) is 0 Å². The molecule has 0 N–H and O–H groups in total. The number of hydrogen-bond acceptors (Lipinski definition) is 1. The minimum absolute atomic E-state index is 0.485. The van der Waals surface area contributed by atoms with Crippen molar-refractivity contribution >= 4 is 0 Å². The van der Waals surface area contributed by atoms with E-state index in [1.807, 2.05) is 0 Å². The molecule has 1 heterocycles. The van der Waals surface area contributed by atoms with E-state index in [4.69, 9.17) is 11.7 Å². The van der Waals surface area contributed by atoms with Crippen molar-refractivity contribution in [2.75, 3.05) is 13.2 Å². The van der Waals surface area contributed by atoms with E-state index >= 15 is 0 Å². The summed E-state index contributed by atoms with van der Waals surface area (Å²) in [5, 5.41) is 0. The fourth-order valence-corrected chi connectivity index (χ4v) is 2.56. The summed E-state index contributed by atoms with van der Waals surface area (Å²) in [5.74, 6) is 0.485. The molecule has 1 aliphatic heterocycles. The summed E-state index contributed by atoms with van der Waals surface area (Å²) in [6.45, 7) is 7.86. The van der Waals surface area contributed by atoms with Gasteiger partial charge in [-0.05, 0) is 56.8 Å². The smallest absolute Gasteiger partial charge is 0.0471 e. The van der Waals surface area contributed by atoms with Gasteiger partial charge in [0, 0.05) is 13.2 Å². The van der Waals surface area contributed by atoms with E-state index in [2.05, 4.69) is 0 Å². The molecule has 1 heteroatoms. The summed E-state index contributed by atoms with van der Waals surface area (Å²) in [6.07, 6.45) is 7.72. The Kier molecular flexibility index (Phi) is 2.40. The van der Waals surface area contributed by atoms with Gasteiger partial charge in [-0.1, -0.05) is 0 Å². The Hall–Kier alpha value is -0.0400. The summed E-state index contributed by atoms with van der Waals surface area (Å²) in [6, 6.07) is 0. The third-order valence-corrected chi connectivity index (χ3v) is 3.64. The molecule has 68 valence electrons. The lowest BCUT2D eigenvalue weighted by molar-refractivity contribution is -0.00972. The lowest BCUT2D eigenvalue weighted by Crippen LogP contribution is -2.33. The monoisotopic (exact) mass is 166 g/mol. The van der Waals surface area contributed by atoms with E-state index in [0.717, 1.165) is 13.2 Å². The second-order valence-electron chi connectivity index (χ2n) is 4.45. The van der Waals surface area contributed by atoms with Crippen molar-refractivity contribution in [1.29, 1.82) is 0 Å². The van der Waals surface area contributed by atoms with Crippen LogP contribution < -0.4 is 0 Å². The van der Waals surface area contributed by atoms with Crippen LogP contribution in [0.4, 0.5) is 0 Å². The topological polar surface area (TPSA) is 9.23 Å². The second-order valence-corrected chi connectivity index (χ2v) is 4.45. The molecule has 0 aromatic heterocycles. The van der Waals surface area contributed by atoms with Gasteiger partial charge in [0.25, 0.3) is 0 Å². The maximum atomic E-state index is 5.89. The highest BCUT2D eigenvalue weighted by atomic mass is 16.5. The van der Waals surface area contributed by atoms with Crippen LogP contribution in [0, 0.1) is 18.3 Å². The van der Waals surface area contributed by atoms with E-state index in [9.17, 15) is 0 Å². The largest absolute Gasteiger partial charge is 0.381 e. The number of ether oxygens (including phenoxy) is 1. The van der Waals surface area contributed by atoms with Crippen LogP contribution >= 0.6 is 0 Å². The summed E-state index contributed by atoms with van der Waals surface area (Å²) in [4.78, 5) is 0. The molecule has 2 radical (unpaired) electrons. The molecule has 0 atom stereocenters. The average molecular weight is 166 g/mol. The lowest BCUT2D eigenvalue weighted by atomic mass is 9.67. The fourth-order valence-electron chi connectivity index (χ4n) is 2.56. The lowest BCUT2D eigenvalue weighted by Gasteiger charge is -2.42. The molecule has 2 fully saturated rings. The van der Waals surface area contributed by atoms with Gasteiger partial charge in [-0.15, -0.1) is 0 Å². The molecule has 0 unspecified atom stereocenters. The number of rotatable bonds is 0. The molecule has 2 rings (SSSR count). The molecule has 0 aromatic rings. The average Bonchev–Trinajstić information content (AvgIpc) is 2.13. The van der Waals surface area contributed by atoms with E-state index in [1.165, 1.54) is 38.5 Å². The molecule has 0 amide bonds. The van der Waals surface area contributed by atoms with Crippen molar-refractivity contribution in [3.05, 3.63) is 6.92 Å². The summed E-state index contributed by atoms with van der Waals surface area (Å²) in [7, 11) is 0. The zero-order chi connectivity index (χ0) is 8.44. The van der Waals surface area contributed by atoms with Crippen molar-refractivity contribution in [3.8, 4) is 0 Å². The molecule has 1 saturated heterocycles. The van der Waals surface area contributed by atoms with Crippen LogP contribution in [0.25, 0.3) is 0 Å². The van der Waals surface area contributed by atoms with Crippen molar-refractivity contribution in [2.45, 2.75) is 38.5 Å². The Bertz CT molecular complexity index is 137. The van der Waals surface area contributed by atoms with Gasteiger partial charge in [0.15, 0.2) is 0 Å². The minimum Gasteiger partial charge on any atom is -0.381 e. The van der Waals surface area contributed by atoms with Crippen LogP contribution in [0.15, 0.2) is 0 Å². The first-order valence-electron chi connectivity index (χ1n) is 5.14. The molecule has 0 bridgehead atoms. The molecule has 12 heavy (non-hydrogen) atoms. The molecule has 1 saturated carbocycles. The quantitative estimate of drug-likeness (QED) is 0.537. The fraction of sp³-hybridized carbons (Fsp3) is 0.909. The van der Waals surface area contributed by atoms with E-state index < -0.39 is 0 Å². The highest BCUT2D eigenvalue weighted by Gasteiger charge is 2.35. The van der Waals surface area contributed by atoms with Gasteiger partial charge in [0.2, 0.25) is 0 Å². The van der Waals surface area contributed by atoms with Crippen LogP contribution in [0.1, 0.15) is 38.5 Å². The predicted molar refractivity (Wildman–Crippen MR) is 48.7 cm³/mol. The molecular formula is C11H18O. The Morgan fingerprint density at radius 3 is 2.17 bits per heavy atom. The summed E-state index contributed by atoms with van der Waals surface area (Å²) in [5.41, 5.74) is 0.633. The third-order valence-electron chi connectivity index (χ3n) is 3.64. The minimum atomic E-state index is 0.485. The molecule has 1 spiro atoms. The first kappa shape index (κ1) is 8.55. The molecular weight excluding hydrogens is 148 g/mol. The first-order valence-corrected chi connectivity index (χ1v) is 5.14. The van der Waals surface area contributed by atoms with Gasteiger partial charge >= 0.3 is 0 Å². The Morgan fingerprint density at radius 2 is 1.58 bits per heavy atom. The van der Waals surface area contributed by atoms with Crippen molar-refractivity contribution in [3.63, 3.8) is 0 Å². The standard InChI is InChI=1S/C11H18O/c1-10-2-4-11(5-3-10)6-8-12-9-7-11/h1,10H,2-9H2. The van der Waals surface area contributed by atoms with Crippen LogP contribution in [-0.4, -0.2) is 13.2 Å². The molecule has 1 aliphatic carbocycles. The third kappa shape index (κ3) is 1.66. The SMILES string of the molecule is [CH]C1CCC2(CCOCC2)CC1. The van der Waals surface area contributed by atoms with Crippen molar-refractivity contribution < 1.29 is 4.74 Å². The van der Waals surface area contributed by atoms with Gasteiger partial charge in [0.05, 0.1) is 0 Å². The van der Waals surface area contributed by atoms with Gasteiger partial charge in [0.1, 0.15) is 0 Å². The van der Waals surface area contributed by atoms with Crippen LogP contribution in [0.5, 0.6) is 0 Å². The highest BCUT2D eigenvalue weighted by molar-refractivity contribution is 4.87. The van der Waals surface area contributed by atoms with E-state index in [0.29, 0.717) is 11.3 Å². The molecule has 0 aromatic carbocycles. The zero-order valence-corrected chi connectivity index (χ0v) is 7.72. The maximum Gasteiger partial charge on any atom is 0.0471 e. The van der Waals surface area contributed by atoms with Crippen LogP contribution in [0.2, 0.25) is 0 Å². The number of hydrogen-bond donors (Lipinski definition) is 0. The normalized spacial score (nSPS) is 30.8. The highest BCUT2D eigenvalue weighted by Crippen LogP contribution is 2.45. The van der Waals surface area contributed by atoms with Crippen molar-refractivity contribution in [2.24, 2.45) is 11.3 Å². The van der Waals surface area contributed by atoms with Crippen LogP contribution in [0.3, 0.4) is 0 Å². The predicted octanol–water partition coefficient (Wildman–Crippen LogP) is 2.68. The first-order chi connectivity index (χ1) is 5.81. The molecule has 2 aliphatic rings. The van der Waals surface area contributed by atoms with E-state index in [-0.39, 0.29) is 0 Å². The van der Waals surface area contributed by atoms with E-state index in [1.54, 1.807) is 0 Å². The van der Waals surface area contributed by atoms with Crippen LogP contribution in [-0.2, 0) is 4.74 Å². The van der Waals surface area contributed by atoms with Crippen molar-refractivity contribution in [1.82, 2.24) is 0 Å². The zero-order valence-electron chi connectivity index (χ0n) is 7.72. The maximum absolute atomic E-state index is 5.89. The Balaban J connectivity index is 1.92. The van der Waals surface area contributed by atoms with Gasteiger partial charge < -0.3 is 4.74 Å². The van der Waals surface area contributed by atoms with Gasteiger partial charge in [-0.3, -0.25) is 0 Å². The summed E-state index contributed by atoms with van der Waals surface area (Å²) >= 11 is 0. The second kappa shape index (κ2) is 3.37.